The summed E-state index contributed by atoms with van der Waals surface area (Å²) in [5.41, 5.74) is 2.96. The third-order valence-electron chi connectivity index (χ3n) is 4.91. The van der Waals surface area contributed by atoms with E-state index in [-0.39, 0.29) is 12.0 Å². The Labute approximate surface area is 144 Å². The quantitative estimate of drug-likeness (QED) is 0.832. The lowest BCUT2D eigenvalue weighted by molar-refractivity contribution is -0.143. The maximum absolute atomic E-state index is 12.3. The number of nitrogens with one attached hydrogen (secondary N) is 1. The van der Waals surface area contributed by atoms with E-state index >= 15 is 0 Å². The summed E-state index contributed by atoms with van der Waals surface area (Å²) in [5, 5.41) is 12.7. The number of carbonyl (C=O) groups excluding carboxylic acids is 2. The van der Waals surface area contributed by atoms with Crippen molar-refractivity contribution in [2.45, 2.75) is 52.1 Å². The number of nitrogens with zero attached hydrogens (tertiary/aromatic N) is 1. The minimum absolute atomic E-state index is 0.0616. The Kier molecular flexibility index (Phi) is 6.37. The topological polar surface area (TPSA) is 69.6 Å². The van der Waals surface area contributed by atoms with Gasteiger partial charge in [0.25, 0.3) is 0 Å². The molecule has 0 spiro atoms. The Bertz CT molecular complexity index is 600. The van der Waals surface area contributed by atoms with Gasteiger partial charge in [0.05, 0.1) is 6.10 Å². The fourth-order valence-corrected chi connectivity index (χ4v) is 3.32. The smallest absolute Gasteiger partial charge is 0.313 e. The Balaban J connectivity index is 1.94. The molecule has 0 aromatic heterocycles. The second-order valence-corrected chi connectivity index (χ2v) is 6.75. The molecule has 24 heavy (non-hydrogen) atoms. The molecule has 0 saturated heterocycles. The van der Waals surface area contributed by atoms with Gasteiger partial charge >= 0.3 is 11.8 Å². The molecule has 1 fully saturated rings. The lowest BCUT2D eigenvalue weighted by atomic mass is 9.86. The van der Waals surface area contributed by atoms with Crippen LogP contribution in [0.5, 0.6) is 0 Å². The van der Waals surface area contributed by atoms with E-state index in [1.54, 1.807) is 7.05 Å². The molecule has 2 N–H and O–H groups in total. The summed E-state index contributed by atoms with van der Waals surface area (Å²) < 4.78 is 0. The van der Waals surface area contributed by atoms with Crippen LogP contribution in [0.15, 0.2) is 18.2 Å². The molecule has 1 aromatic rings. The number of benzene rings is 1. The van der Waals surface area contributed by atoms with Crippen LogP contribution in [-0.4, -0.2) is 41.5 Å². The molecule has 2 atom stereocenters. The first kappa shape index (κ1) is 18.5. The monoisotopic (exact) mass is 332 g/mol. The van der Waals surface area contributed by atoms with Gasteiger partial charge in [0.15, 0.2) is 0 Å². The number of hydrogen-bond donors (Lipinski definition) is 2. The molecule has 2 rings (SSSR count). The van der Waals surface area contributed by atoms with E-state index in [0.29, 0.717) is 12.2 Å². The van der Waals surface area contributed by atoms with E-state index in [1.165, 1.54) is 10.5 Å². The van der Waals surface area contributed by atoms with Crippen LogP contribution in [0.4, 0.5) is 5.69 Å². The molecule has 5 nitrogen and oxygen atoms in total. The molecule has 1 aliphatic carbocycles. The molecule has 2 unspecified atom stereocenters. The van der Waals surface area contributed by atoms with Crippen LogP contribution in [0, 0.1) is 12.8 Å². The number of aliphatic hydroxyl groups excluding tert-OH is 1. The average molecular weight is 332 g/mol. The number of aliphatic hydroxyl groups is 1. The van der Waals surface area contributed by atoms with Crippen LogP contribution in [0.3, 0.4) is 0 Å². The highest BCUT2D eigenvalue weighted by atomic mass is 16.3. The highest BCUT2D eigenvalue weighted by Crippen LogP contribution is 2.25. The average Bonchev–Trinajstić information content (AvgIpc) is 2.57. The molecule has 0 aliphatic heterocycles. The van der Waals surface area contributed by atoms with Gasteiger partial charge in [0.1, 0.15) is 0 Å². The lowest BCUT2D eigenvalue weighted by Gasteiger charge is -2.30. The Morgan fingerprint density at radius 1 is 1.29 bits per heavy atom. The van der Waals surface area contributed by atoms with Gasteiger partial charge in [-0.3, -0.25) is 9.59 Å². The molecule has 2 amide bonds. The second-order valence-electron chi connectivity index (χ2n) is 6.75. The number of anilines is 1. The van der Waals surface area contributed by atoms with Crippen LogP contribution in [0.25, 0.3) is 0 Å². The van der Waals surface area contributed by atoms with Gasteiger partial charge < -0.3 is 15.3 Å². The molecule has 0 heterocycles. The number of rotatable bonds is 4. The van der Waals surface area contributed by atoms with Gasteiger partial charge in [-0.25, -0.2) is 0 Å². The van der Waals surface area contributed by atoms with E-state index < -0.39 is 11.8 Å². The molecular weight excluding hydrogens is 304 g/mol. The first-order valence-electron chi connectivity index (χ1n) is 8.76. The molecule has 0 radical (unpaired) electrons. The minimum Gasteiger partial charge on any atom is -0.393 e. The molecule has 1 aliphatic rings. The maximum Gasteiger partial charge on any atom is 0.313 e. The zero-order chi connectivity index (χ0) is 17.7. The van der Waals surface area contributed by atoms with Crippen molar-refractivity contribution in [2.75, 3.05) is 18.9 Å². The van der Waals surface area contributed by atoms with Crippen molar-refractivity contribution in [1.29, 1.82) is 0 Å². The number of carbonyl (C=O) groups is 2. The maximum atomic E-state index is 12.3. The Hall–Kier alpha value is -1.88. The molecule has 0 bridgehead atoms. The van der Waals surface area contributed by atoms with Crippen LogP contribution in [-0.2, 0) is 16.0 Å². The van der Waals surface area contributed by atoms with Crippen molar-refractivity contribution in [3.63, 3.8) is 0 Å². The van der Waals surface area contributed by atoms with Gasteiger partial charge in [0, 0.05) is 25.2 Å². The van der Waals surface area contributed by atoms with Gasteiger partial charge in [0.2, 0.25) is 0 Å². The van der Waals surface area contributed by atoms with Crippen LogP contribution in [0.2, 0.25) is 0 Å². The van der Waals surface area contributed by atoms with Gasteiger partial charge in [-0.15, -0.1) is 0 Å². The number of likely N-dealkylation sites (N-methyl/N-ethyl adjacent to an activating group) is 1. The fraction of sp³-hybridized carbons (Fsp3) is 0.579. The molecular formula is C19H28N2O3. The molecule has 5 heteroatoms. The highest BCUT2D eigenvalue weighted by molar-refractivity contribution is 6.39. The number of aryl methyl sites for hydroxylation is 2. The second kappa shape index (κ2) is 8.29. The summed E-state index contributed by atoms with van der Waals surface area (Å²) in [6.07, 6.45) is 4.28. The summed E-state index contributed by atoms with van der Waals surface area (Å²) in [4.78, 5) is 25.9. The zero-order valence-corrected chi connectivity index (χ0v) is 14.8. The number of hydrogen-bond acceptors (Lipinski definition) is 3. The van der Waals surface area contributed by atoms with E-state index in [0.717, 1.165) is 37.7 Å². The van der Waals surface area contributed by atoms with E-state index in [4.69, 9.17) is 0 Å². The Morgan fingerprint density at radius 2 is 2.00 bits per heavy atom. The first-order valence-corrected chi connectivity index (χ1v) is 8.76. The third kappa shape index (κ3) is 4.57. The Morgan fingerprint density at radius 3 is 2.67 bits per heavy atom. The molecule has 1 saturated carbocycles. The van der Waals surface area contributed by atoms with Crippen LogP contribution in [0.1, 0.15) is 43.7 Å². The van der Waals surface area contributed by atoms with Gasteiger partial charge in [-0.05, 0) is 49.4 Å². The highest BCUT2D eigenvalue weighted by Gasteiger charge is 2.27. The largest absolute Gasteiger partial charge is 0.393 e. The first-order chi connectivity index (χ1) is 11.4. The van der Waals surface area contributed by atoms with Gasteiger partial charge in [-0.1, -0.05) is 25.8 Å². The van der Waals surface area contributed by atoms with E-state index in [9.17, 15) is 14.7 Å². The minimum atomic E-state index is -0.631. The van der Waals surface area contributed by atoms with Crippen LogP contribution >= 0.6 is 0 Å². The fourth-order valence-electron chi connectivity index (χ4n) is 3.32. The normalized spacial score (nSPS) is 20.5. The van der Waals surface area contributed by atoms with Crippen molar-refractivity contribution >= 4 is 17.5 Å². The summed E-state index contributed by atoms with van der Waals surface area (Å²) in [7, 11) is 1.62. The SMILES string of the molecule is CCc1cc(NC(=O)C(=O)N(C)CC2CCCCC2O)ccc1C. The summed E-state index contributed by atoms with van der Waals surface area (Å²) in [6.45, 7) is 4.50. The summed E-state index contributed by atoms with van der Waals surface area (Å²) in [5.74, 6) is -1.13. The summed E-state index contributed by atoms with van der Waals surface area (Å²) >= 11 is 0. The molecule has 132 valence electrons. The lowest BCUT2D eigenvalue weighted by Crippen LogP contribution is -2.42. The predicted octanol–water partition coefficient (Wildman–Crippen LogP) is 2.51. The van der Waals surface area contributed by atoms with Gasteiger partial charge in [-0.2, -0.15) is 0 Å². The third-order valence-corrected chi connectivity index (χ3v) is 4.91. The predicted molar refractivity (Wildman–Crippen MR) is 94.8 cm³/mol. The van der Waals surface area contributed by atoms with Crippen molar-refractivity contribution in [3.8, 4) is 0 Å². The summed E-state index contributed by atoms with van der Waals surface area (Å²) in [6, 6.07) is 5.66. The van der Waals surface area contributed by atoms with E-state index in [2.05, 4.69) is 12.2 Å². The van der Waals surface area contributed by atoms with Crippen molar-refractivity contribution in [1.82, 2.24) is 4.90 Å². The zero-order valence-electron chi connectivity index (χ0n) is 14.8. The molecule has 1 aromatic carbocycles. The number of amides is 2. The van der Waals surface area contributed by atoms with Crippen molar-refractivity contribution in [2.24, 2.45) is 5.92 Å². The van der Waals surface area contributed by atoms with Crippen molar-refractivity contribution < 1.29 is 14.7 Å². The van der Waals surface area contributed by atoms with E-state index in [1.807, 2.05) is 25.1 Å². The van der Waals surface area contributed by atoms with Crippen molar-refractivity contribution in [3.05, 3.63) is 29.3 Å². The van der Waals surface area contributed by atoms with Crippen LogP contribution < -0.4 is 5.32 Å². The standard InChI is InChI=1S/C19H28N2O3/c1-4-14-11-16(10-9-13(14)2)20-18(23)19(24)21(3)12-15-7-5-6-8-17(15)22/h9-11,15,17,22H,4-8,12H2,1-3H3,(H,20,23).